The number of nitrogens with one attached hydrogen (secondary N) is 1. The highest BCUT2D eigenvalue weighted by atomic mass is 35.5. The minimum absolute atomic E-state index is 0.0172. The average molecular weight is 396 g/mol. The Bertz CT molecular complexity index is 1040. The number of aliphatic carboxylic acids is 1. The number of benzene rings is 2. The van der Waals surface area contributed by atoms with Crippen LogP contribution in [0.4, 0.5) is 13.2 Å². The van der Waals surface area contributed by atoms with Crippen LogP contribution in [0.1, 0.15) is 40.0 Å². The van der Waals surface area contributed by atoms with Crippen LogP contribution in [0.5, 0.6) is 0 Å². The van der Waals surface area contributed by atoms with Crippen molar-refractivity contribution >= 4 is 34.3 Å². The summed E-state index contributed by atoms with van der Waals surface area (Å²) in [5.41, 5.74) is -0.465. The van der Waals surface area contributed by atoms with Crippen molar-refractivity contribution in [1.29, 1.82) is 0 Å². The summed E-state index contributed by atoms with van der Waals surface area (Å²) in [6.45, 7) is 1.32. The molecule has 0 bridgehead atoms. The number of aromatic amines is 1. The van der Waals surface area contributed by atoms with Gasteiger partial charge < -0.3 is 10.1 Å². The summed E-state index contributed by atoms with van der Waals surface area (Å²) in [7, 11) is 0. The van der Waals surface area contributed by atoms with E-state index in [2.05, 4.69) is 4.98 Å². The molecule has 4 nitrogen and oxygen atoms in total. The molecule has 8 heteroatoms. The molecule has 3 rings (SSSR count). The standard InChI is InChI=1S/C19H13ClF3NO3/c1-9(18(26)27)15-13-8-11(19(21,22)23)4-7-14(13)24-16(15)17(25)10-2-5-12(20)6-3-10/h2-9,24H,1H3,(H,26,27). The van der Waals surface area contributed by atoms with Gasteiger partial charge >= 0.3 is 12.1 Å². The van der Waals surface area contributed by atoms with Gasteiger partial charge in [0, 0.05) is 27.1 Å². The zero-order chi connectivity index (χ0) is 19.9. The molecule has 0 aliphatic heterocycles. The Hall–Kier alpha value is -2.80. The van der Waals surface area contributed by atoms with Gasteiger partial charge in [0.1, 0.15) is 0 Å². The highest BCUT2D eigenvalue weighted by Gasteiger charge is 2.33. The zero-order valence-corrected chi connectivity index (χ0v) is 14.7. The van der Waals surface area contributed by atoms with Gasteiger partial charge in [0.05, 0.1) is 17.2 Å². The van der Waals surface area contributed by atoms with Gasteiger partial charge in [0.25, 0.3) is 0 Å². The Kier molecular flexibility index (Phi) is 4.73. The van der Waals surface area contributed by atoms with Gasteiger partial charge in [-0.3, -0.25) is 9.59 Å². The van der Waals surface area contributed by atoms with E-state index in [1.807, 2.05) is 0 Å². The third-order valence-electron chi connectivity index (χ3n) is 4.30. The molecule has 0 fully saturated rings. The SMILES string of the molecule is CC(C(=O)O)c1c(C(=O)c2ccc(Cl)cc2)[nH]c2ccc(C(F)(F)F)cc12. The lowest BCUT2D eigenvalue weighted by atomic mass is 9.93. The molecule has 0 saturated carbocycles. The van der Waals surface area contributed by atoms with Crippen molar-refractivity contribution in [2.24, 2.45) is 0 Å². The third kappa shape index (κ3) is 3.55. The number of halogens is 4. The molecule has 1 unspecified atom stereocenters. The van der Waals surface area contributed by atoms with E-state index >= 15 is 0 Å². The van der Waals surface area contributed by atoms with E-state index in [4.69, 9.17) is 11.6 Å². The predicted molar refractivity (Wildman–Crippen MR) is 94.2 cm³/mol. The normalized spacial score (nSPS) is 12.9. The lowest BCUT2D eigenvalue weighted by Crippen LogP contribution is -2.13. The second-order valence-electron chi connectivity index (χ2n) is 6.07. The van der Waals surface area contributed by atoms with E-state index in [0.717, 1.165) is 12.1 Å². The first kappa shape index (κ1) is 19.0. The number of carbonyl (C=O) groups excluding carboxylic acids is 1. The second-order valence-corrected chi connectivity index (χ2v) is 6.50. The summed E-state index contributed by atoms with van der Waals surface area (Å²) >= 11 is 5.81. The van der Waals surface area contributed by atoms with Gasteiger partial charge in [-0.1, -0.05) is 11.6 Å². The molecule has 0 amide bonds. The molecule has 0 saturated heterocycles. The molecule has 1 heterocycles. The lowest BCUT2D eigenvalue weighted by Gasteiger charge is -2.10. The topological polar surface area (TPSA) is 70.2 Å². The van der Waals surface area contributed by atoms with E-state index < -0.39 is 29.4 Å². The Morgan fingerprint density at radius 3 is 2.30 bits per heavy atom. The Morgan fingerprint density at radius 2 is 1.74 bits per heavy atom. The quantitative estimate of drug-likeness (QED) is 0.592. The third-order valence-corrected chi connectivity index (χ3v) is 4.55. The van der Waals surface area contributed by atoms with E-state index in [-0.39, 0.29) is 27.7 Å². The fraction of sp³-hybridized carbons (Fsp3) is 0.158. The van der Waals surface area contributed by atoms with Crippen LogP contribution in [-0.2, 0) is 11.0 Å². The van der Waals surface area contributed by atoms with Gasteiger partial charge in [-0.15, -0.1) is 0 Å². The number of rotatable bonds is 4. The number of carboxylic acid groups (broad SMARTS) is 1. The number of H-pyrrole nitrogens is 1. The summed E-state index contributed by atoms with van der Waals surface area (Å²) in [5, 5.41) is 9.86. The summed E-state index contributed by atoms with van der Waals surface area (Å²) in [4.78, 5) is 27.2. The van der Waals surface area contributed by atoms with Crippen LogP contribution in [0.15, 0.2) is 42.5 Å². The van der Waals surface area contributed by atoms with Crippen LogP contribution in [0.2, 0.25) is 5.02 Å². The van der Waals surface area contributed by atoms with Gasteiger partial charge in [0.15, 0.2) is 0 Å². The number of alkyl halides is 3. The maximum atomic E-state index is 13.1. The summed E-state index contributed by atoms with van der Waals surface area (Å²) < 4.78 is 39.2. The molecule has 2 aromatic carbocycles. The van der Waals surface area contributed by atoms with E-state index in [9.17, 15) is 27.9 Å². The largest absolute Gasteiger partial charge is 0.481 e. The van der Waals surface area contributed by atoms with Gasteiger partial charge in [0.2, 0.25) is 5.78 Å². The van der Waals surface area contributed by atoms with Crippen LogP contribution >= 0.6 is 11.6 Å². The molecular weight excluding hydrogens is 383 g/mol. The fourth-order valence-corrected chi connectivity index (χ4v) is 3.01. The van der Waals surface area contributed by atoms with Gasteiger partial charge in [-0.25, -0.2) is 0 Å². The van der Waals surface area contributed by atoms with Crippen molar-refractivity contribution < 1.29 is 27.9 Å². The highest BCUT2D eigenvalue weighted by Crippen LogP contribution is 2.36. The molecule has 27 heavy (non-hydrogen) atoms. The molecule has 1 aromatic heterocycles. The molecule has 0 aliphatic carbocycles. The summed E-state index contributed by atoms with van der Waals surface area (Å²) in [6, 6.07) is 8.86. The number of hydrogen-bond donors (Lipinski definition) is 2. The first-order valence-corrected chi connectivity index (χ1v) is 8.23. The number of carbonyl (C=O) groups is 2. The van der Waals surface area contributed by atoms with Crippen molar-refractivity contribution in [3.8, 4) is 0 Å². The Balaban J connectivity index is 2.25. The summed E-state index contributed by atoms with van der Waals surface area (Å²) in [6.07, 6.45) is -4.59. The minimum atomic E-state index is -4.59. The number of fused-ring (bicyclic) bond motifs is 1. The number of ketones is 1. The first-order valence-electron chi connectivity index (χ1n) is 7.85. The van der Waals surface area contributed by atoms with Gasteiger partial charge in [-0.2, -0.15) is 13.2 Å². The number of hydrogen-bond acceptors (Lipinski definition) is 2. The first-order chi connectivity index (χ1) is 12.6. The monoisotopic (exact) mass is 395 g/mol. The number of aromatic nitrogens is 1. The van der Waals surface area contributed by atoms with E-state index in [1.165, 1.54) is 37.3 Å². The molecular formula is C19H13ClF3NO3. The van der Waals surface area contributed by atoms with Crippen LogP contribution in [0, 0.1) is 0 Å². The molecule has 1 atom stereocenters. The molecule has 3 aromatic rings. The lowest BCUT2D eigenvalue weighted by molar-refractivity contribution is -0.138. The Morgan fingerprint density at radius 1 is 1.11 bits per heavy atom. The zero-order valence-electron chi connectivity index (χ0n) is 13.9. The van der Waals surface area contributed by atoms with Crippen molar-refractivity contribution in [1.82, 2.24) is 4.98 Å². The van der Waals surface area contributed by atoms with Crippen LogP contribution in [0.25, 0.3) is 10.9 Å². The predicted octanol–water partition coefficient (Wildman–Crippen LogP) is 5.26. The van der Waals surface area contributed by atoms with E-state index in [0.29, 0.717) is 5.02 Å². The van der Waals surface area contributed by atoms with E-state index in [1.54, 1.807) is 0 Å². The maximum absolute atomic E-state index is 13.1. The van der Waals surface area contributed by atoms with Crippen molar-refractivity contribution in [2.75, 3.05) is 0 Å². The summed E-state index contributed by atoms with van der Waals surface area (Å²) in [5.74, 6) is -2.97. The van der Waals surface area contributed by atoms with Crippen molar-refractivity contribution in [3.05, 3.63) is 69.9 Å². The minimum Gasteiger partial charge on any atom is -0.481 e. The molecule has 2 N–H and O–H groups in total. The van der Waals surface area contributed by atoms with Crippen molar-refractivity contribution in [2.45, 2.75) is 19.0 Å². The van der Waals surface area contributed by atoms with Crippen LogP contribution in [-0.4, -0.2) is 21.8 Å². The number of carboxylic acids is 1. The van der Waals surface area contributed by atoms with Crippen LogP contribution < -0.4 is 0 Å². The highest BCUT2D eigenvalue weighted by molar-refractivity contribution is 6.30. The molecule has 140 valence electrons. The fourth-order valence-electron chi connectivity index (χ4n) is 2.89. The average Bonchev–Trinajstić information content (AvgIpc) is 2.98. The van der Waals surface area contributed by atoms with Gasteiger partial charge in [-0.05, 0) is 49.4 Å². The van der Waals surface area contributed by atoms with Crippen molar-refractivity contribution in [3.63, 3.8) is 0 Å². The molecule has 0 radical (unpaired) electrons. The maximum Gasteiger partial charge on any atom is 0.416 e. The Labute approximate surface area is 156 Å². The molecule has 0 spiro atoms. The molecule has 0 aliphatic rings. The van der Waals surface area contributed by atoms with Crippen LogP contribution in [0.3, 0.4) is 0 Å². The second kappa shape index (κ2) is 6.74. The smallest absolute Gasteiger partial charge is 0.416 e.